The number of hydrogen-bond acceptors (Lipinski definition) is 7. The molecule has 2 amide bonds. The van der Waals surface area contributed by atoms with E-state index >= 15 is 0 Å². The molecule has 0 saturated carbocycles. The summed E-state index contributed by atoms with van der Waals surface area (Å²) >= 11 is 1.99. The van der Waals surface area contributed by atoms with Crippen molar-refractivity contribution in [3.8, 4) is 6.07 Å². The lowest BCUT2D eigenvalue weighted by molar-refractivity contribution is -0.124. The quantitative estimate of drug-likeness (QED) is 0.317. The van der Waals surface area contributed by atoms with Crippen LogP contribution in [0.3, 0.4) is 0 Å². The molecule has 9 nitrogen and oxygen atoms in total. The molecule has 2 atom stereocenters. The van der Waals surface area contributed by atoms with Crippen LogP contribution in [0.4, 0.5) is 5.69 Å². The first-order valence-corrected chi connectivity index (χ1v) is 11.5. The Morgan fingerprint density at radius 3 is 2.27 bits per heavy atom. The van der Waals surface area contributed by atoms with Gasteiger partial charge in [0.1, 0.15) is 12.1 Å². The maximum absolute atomic E-state index is 12.4. The molecule has 0 saturated heterocycles. The normalized spacial score (nSPS) is 12.9. The zero-order valence-electron chi connectivity index (χ0n) is 16.0. The van der Waals surface area contributed by atoms with Gasteiger partial charge in [0.25, 0.3) is 11.8 Å². The summed E-state index contributed by atoms with van der Waals surface area (Å²) in [5, 5.41) is 21.8. The highest BCUT2D eigenvalue weighted by Crippen LogP contribution is 2.18. The number of nitrogens with one attached hydrogen (secondary N) is 3. The molecular weight excluding hydrogens is 523 g/mol. The van der Waals surface area contributed by atoms with Crippen molar-refractivity contribution in [2.45, 2.75) is 24.0 Å². The van der Waals surface area contributed by atoms with Crippen LogP contribution in [0.25, 0.3) is 0 Å². The molecule has 0 fully saturated rings. The van der Waals surface area contributed by atoms with E-state index in [-0.39, 0.29) is 10.5 Å². The Hall–Kier alpha value is -2.69. The van der Waals surface area contributed by atoms with Crippen LogP contribution in [0.5, 0.6) is 0 Å². The number of amides is 2. The SMILES string of the molecule is C[C@H](O)C(Nc1ccc(C#N)c(I)c1)C(=O)NNC(=O)c1ccc(S(C)(=O)=O)cc1. The number of anilines is 1. The highest BCUT2D eigenvalue weighted by Gasteiger charge is 2.24. The third-order valence-electron chi connectivity index (χ3n) is 4.02. The first kappa shape index (κ1) is 23.6. The standard InChI is InChI=1S/C19H19IN4O5S/c1-11(25)17(22-14-6-3-13(10-21)16(20)9-14)19(27)24-23-18(26)12-4-7-15(8-5-12)30(2,28)29/h3-9,11,17,22,25H,1-2H3,(H,23,26)(H,24,27)/t11-,17?/m0/s1. The van der Waals surface area contributed by atoms with Gasteiger partial charge < -0.3 is 10.4 Å². The summed E-state index contributed by atoms with van der Waals surface area (Å²) in [6.07, 6.45) is -0.0374. The van der Waals surface area contributed by atoms with E-state index in [4.69, 9.17) is 5.26 Å². The topological polar surface area (TPSA) is 148 Å². The van der Waals surface area contributed by atoms with Crippen molar-refractivity contribution >= 4 is 49.9 Å². The van der Waals surface area contributed by atoms with Gasteiger partial charge in [0.2, 0.25) is 0 Å². The molecule has 11 heteroatoms. The number of carbonyl (C=O) groups excluding carboxylic acids is 2. The predicted octanol–water partition coefficient (Wildman–Crippen LogP) is 1.19. The molecule has 0 aliphatic heterocycles. The molecular formula is C19H19IN4O5S. The number of halogens is 1. The Balaban J connectivity index is 2.04. The van der Waals surface area contributed by atoms with Crippen LogP contribution in [0.1, 0.15) is 22.8 Å². The van der Waals surface area contributed by atoms with Gasteiger partial charge >= 0.3 is 0 Å². The number of rotatable bonds is 6. The minimum Gasteiger partial charge on any atom is -0.391 e. The average molecular weight is 542 g/mol. The Morgan fingerprint density at radius 1 is 1.13 bits per heavy atom. The summed E-state index contributed by atoms with van der Waals surface area (Å²) in [6, 6.07) is 11.0. The van der Waals surface area contributed by atoms with Gasteiger partial charge in [-0.15, -0.1) is 0 Å². The van der Waals surface area contributed by atoms with Crippen LogP contribution in [0.2, 0.25) is 0 Å². The van der Waals surface area contributed by atoms with Crippen molar-refractivity contribution in [1.82, 2.24) is 10.9 Å². The second-order valence-electron chi connectivity index (χ2n) is 6.41. The molecule has 0 aromatic heterocycles. The van der Waals surface area contributed by atoms with Crippen molar-refractivity contribution in [3.63, 3.8) is 0 Å². The molecule has 0 radical (unpaired) electrons. The number of nitrogens with zero attached hydrogens (tertiary/aromatic N) is 1. The molecule has 0 spiro atoms. The van der Waals surface area contributed by atoms with Crippen LogP contribution in [-0.2, 0) is 14.6 Å². The summed E-state index contributed by atoms with van der Waals surface area (Å²) in [5.41, 5.74) is 5.60. The number of carbonyl (C=O) groups is 2. The third kappa shape index (κ3) is 6.15. The minimum atomic E-state index is -3.38. The number of hydrogen-bond donors (Lipinski definition) is 4. The largest absolute Gasteiger partial charge is 0.391 e. The van der Waals surface area contributed by atoms with E-state index in [0.29, 0.717) is 14.8 Å². The van der Waals surface area contributed by atoms with Crippen molar-refractivity contribution in [2.75, 3.05) is 11.6 Å². The van der Waals surface area contributed by atoms with Gasteiger partial charge in [-0.1, -0.05) is 0 Å². The van der Waals surface area contributed by atoms with Crippen molar-refractivity contribution in [1.29, 1.82) is 5.26 Å². The van der Waals surface area contributed by atoms with Gasteiger partial charge in [-0.25, -0.2) is 8.42 Å². The number of sulfone groups is 1. The van der Waals surface area contributed by atoms with Crippen molar-refractivity contribution < 1.29 is 23.1 Å². The summed E-state index contributed by atoms with van der Waals surface area (Å²) in [7, 11) is -3.38. The molecule has 2 aromatic carbocycles. The van der Waals surface area contributed by atoms with Gasteiger partial charge in [-0.3, -0.25) is 20.4 Å². The third-order valence-corrected chi connectivity index (χ3v) is 6.04. The van der Waals surface area contributed by atoms with E-state index in [2.05, 4.69) is 16.2 Å². The molecule has 4 N–H and O–H groups in total. The molecule has 2 aromatic rings. The van der Waals surface area contributed by atoms with Gasteiger partial charge in [0, 0.05) is 21.1 Å². The molecule has 158 valence electrons. The number of nitriles is 1. The predicted molar refractivity (Wildman–Crippen MR) is 118 cm³/mol. The minimum absolute atomic E-state index is 0.0681. The second kappa shape index (κ2) is 9.88. The Morgan fingerprint density at radius 2 is 1.77 bits per heavy atom. The lowest BCUT2D eigenvalue weighted by Gasteiger charge is -2.22. The molecule has 0 aliphatic carbocycles. The fourth-order valence-electron chi connectivity index (χ4n) is 2.40. The Bertz CT molecular complexity index is 1090. The smallest absolute Gasteiger partial charge is 0.269 e. The Labute approximate surface area is 187 Å². The van der Waals surface area contributed by atoms with Gasteiger partial charge in [0.05, 0.1) is 16.6 Å². The van der Waals surface area contributed by atoms with Crippen LogP contribution >= 0.6 is 22.6 Å². The van der Waals surface area contributed by atoms with Crippen molar-refractivity contribution in [3.05, 3.63) is 57.2 Å². The van der Waals surface area contributed by atoms with E-state index in [0.717, 1.165) is 6.26 Å². The van der Waals surface area contributed by atoms with Crippen LogP contribution in [0, 0.1) is 14.9 Å². The summed E-state index contributed by atoms with van der Waals surface area (Å²) in [5.74, 6) is -1.34. The van der Waals surface area contributed by atoms with Gasteiger partial charge in [-0.05, 0) is 72.0 Å². The molecule has 0 aliphatic rings. The van der Waals surface area contributed by atoms with E-state index < -0.39 is 33.8 Å². The molecule has 0 bridgehead atoms. The van der Waals surface area contributed by atoms with Crippen LogP contribution < -0.4 is 16.2 Å². The summed E-state index contributed by atoms with van der Waals surface area (Å²) in [4.78, 5) is 24.7. The zero-order valence-corrected chi connectivity index (χ0v) is 19.0. The number of aliphatic hydroxyl groups excluding tert-OH is 1. The summed E-state index contributed by atoms with van der Waals surface area (Å²) < 4.78 is 23.6. The molecule has 2 rings (SSSR count). The number of hydrazine groups is 1. The van der Waals surface area contributed by atoms with E-state index in [1.807, 2.05) is 28.7 Å². The fourth-order valence-corrected chi connectivity index (χ4v) is 3.67. The fraction of sp³-hybridized carbons (Fsp3) is 0.211. The van der Waals surface area contributed by atoms with E-state index in [9.17, 15) is 23.1 Å². The molecule has 1 unspecified atom stereocenters. The number of aliphatic hydroxyl groups is 1. The first-order chi connectivity index (χ1) is 14.0. The molecule has 0 heterocycles. The highest BCUT2D eigenvalue weighted by atomic mass is 127. The van der Waals surface area contributed by atoms with Gasteiger partial charge in [0.15, 0.2) is 9.84 Å². The molecule has 30 heavy (non-hydrogen) atoms. The zero-order chi connectivity index (χ0) is 22.5. The van der Waals surface area contributed by atoms with Crippen LogP contribution in [0.15, 0.2) is 47.4 Å². The maximum Gasteiger partial charge on any atom is 0.269 e. The highest BCUT2D eigenvalue weighted by molar-refractivity contribution is 14.1. The lowest BCUT2D eigenvalue weighted by atomic mass is 10.1. The number of benzene rings is 2. The monoisotopic (exact) mass is 542 g/mol. The first-order valence-electron chi connectivity index (χ1n) is 8.57. The maximum atomic E-state index is 12.4. The lowest BCUT2D eigenvalue weighted by Crippen LogP contribution is -2.52. The van der Waals surface area contributed by atoms with Crippen LogP contribution in [-0.4, -0.2) is 43.7 Å². The van der Waals surface area contributed by atoms with E-state index in [1.54, 1.807) is 18.2 Å². The second-order valence-corrected chi connectivity index (χ2v) is 9.59. The Kier molecular flexibility index (Phi) is 7.77. The van der Waals surface area contributed by atoms with Gasteiger partial charge in [-0.2, -0.15) is 5.26 Å². The average Bonchev–Trinajstić information content (AvgIpc) is 2.69. The van der Waals surface area contributed by atoms with E-state index in [1.165, 1.54) is 31.2 Å². The van der Waals surface area contributed by atoms with Crippen molar-refractivity contribution in [2.24, 2.45) is 0 Å². The summed E-state index contributed by atoms with van der Waals surface area (Å²) in [6.45, 7) is 1.41.